The van der Waals surface area contributed by atoms with Crippen molar-refractivity contribution in [3.05, 3.63) is 33.7 Å². The van der Waals surface area contributed by atoms with Gasteiger partial charge in [-0.25, -0.2) is 9.59 Å². The van der Waals surface area contributed by atoms with Crippen LogP contribution in [0.25, 0.3) is 0 Å². The van der Waals surface area contributed by atoms with E-state index in [2.05, 4.69) is 9.47 Å². The van der Waals surface area contributed by atoms with E-state index in [0.717, 1.165) is 14.2 Å². The van der Waals surface area contributed by atoms with Crippen molar-refractivity contribution in [1.82, 2.24) is 4.57 Å². The number of aliphatic hydroxyl groups excluding tert-OH is 1. The maximum atomic E-state index is 11.8. The highest BCUT2D eigenvalue weighted by Gasteiger charge is 2.19. The van der Waals surface area contributed by atoms with E-state index in [1.807, 2.05) is 0 Å². The van der Waals surface area contributed by atoms with Gasteiger partial charge in [0.05, 0.1) is 20.8 Å². The second-order valence-corrected chi connectivity index (χ2v) is 3.36. The third-order valence-electron chi connectivity index (χ3n) is 2.25. The van der Waals surface area contributed by atoms with E-state index in [9.17, 15) is 14.4 Å². The van der Waals surface area contributed by atoms with Crippen molar-refractivity contribution in [2.45, 2.75) is 6.54 Å². The van der Waals surface area contributed by atoms with Crippen LogP contribution in [0.15, 0.2) is 17.2 Å². The Morgan fingerprint density at radius 2 is 1.61 bits per heavy atom. The largest absolute Gasteiger partial charge is 0.465 e. The zero-order valence-electron chi connectivity index (χ0n) is 10.0. The van der Waals surface area contributed by atoms with Crippen molar-refractivity contribution in [3.8, 4) is 0 Å². The highest BCUT2D eigenvalue weighted by Crippen LogP contribution is 2.02. The third kappa shape index (κ3) is 2.75. The van der Waals surface area contributed by atoms with Gasteiger partial charge in [-0.2, -0.15) is 0 Å². The number of hydrogen-bond acceptors (Lipinski definition) is 6. The van der Waals surface area contributed by atoms with Crippen molar-refractivity contribution in [3.63, 3.8) is 0 Å². The average molecular weight is 255 g/mol. The van der Waals surface area contributed by atoms with Crippen LogP contribution in [0, 0.1) is 0 Å². The number of ether oxygens (including phenoxy) is 2. The van der Waals surface area contributed by atoms with Crippen molar-refractivity contribution in [1.29, 1.82) is 0 Å². The monoisotopic (exact) mass is 255 g/mol. The predicted molar refractivity (Wildman–Crippen MR) is 60.5 cm³/mol. The number of aliphatic hydroxyl groups is 1. The molecule has 0 aliphatic heterocycles. The van der Waals surface area contributed by atoms with Gasteiger partial charge in [-0.1, -0.05) is 0 Å². The minimum absolute atomic E-state index is 0.133. The number of hydrogen-bond donors (Lipinski definition) is 1. The second kappa shape index (κ2) is 5.97. The van der Waals surface area contributed by atoms with E-state index >= 15 is 0 Å². The van der Waals surface area contributed by atoms with Gasteiger partial charge in [0.15, 0.2) is 0 Å². The summed E-state index contributed by atoms with van der Waals surface area (Å²) in [5.41, 5.74) is -1.33. The Hall–Kier alpha value is -2.15. The number of methoxy groups -OCH3 is 2. The van der Waals surface area contributed by atoms with Gasteiger partial charge in [-0.3, -0.25) is 4.79 Å². The minimum atomic E-state index is -0.850. The molecule has 0 aliphatic rings. The number of aromatic nitrogens is 1. The predicted octanol–water partition coefficient (Wildman–Crippen LogP) is -0.586. The van der Waals surface area contributed by atoms with Gasteiger partial charge in [-0.05, 0) is 0 Å². The lowest BCUT2D eigenvalue weighted by Crippen LogP contribution is -2.26. The Morgan fingerprint density at radius 1 is 1.17 bits per heavy atom. The van der Waals surface area contributed by atoms with Crippen LogP contribution in [-0.4, -0.2) is 42.4 Å². The fourth-order valence-electron chi connectivity index (χ4n) is 1.39. The molecule has 0 aliphatic carbocycles. The van der Waals surface area contributed by atoms with Gasteiger partial charge in [0.1, 0.15) is 11.1 Å². The molecule has 0 atom stereocenters. The molecule has 1 aromatic rings. The van der Waals surface area contributed by atoms with Crippen molar-refractivity contribution < 1.29 is 24.2 Å². The molecule has 0 amide bonds. The van der Waals surface area contributed by atoms with E-state index in [0.29, 0.717) is 0 Å². The number of rotatable bonds is 4. The van der Waals surface area contributed by atoms with Crippen molar-refractivity contribution in [2.24, 2.45) is 0 Å². The lowest BCUT2D eigenvalue weighted by molar-refractivity contribution is 0.0593. The summed E-state index contributed by atoms with van der Waals surface area (Å²) in [6, 6.07) is 0. The molecule has 0 saturated carbocycles. The van der Waals surface area contributed by atoms with Crippen LogP contribution >= 0.6 is 0 Å². The van der Waals surface area contributed by atoms with Crippen molar-refractivity contribution >= 4 is 11.9 Å². The first kappa shape index (κ1) is 13.9. The summed E-state index contributed by atoms with van der Waals surface area (Å²) in [7, 11) is 2.26. The van der Waals surface area contributed by atoms with Crippen LogP contribution in [0.2, 0.25) is 0 Å². The number of pyridine rings is 1. The molecule has 1 heterocycles. The number of carbonyl (C=O) groups excluding carboxylic acids is 2. The number of nitrogens with zero attached hydrogens (tertiary/aromatic N) is 1. The summed E-state index contributed by atoms with van der Waals surface area (Å²) in [5, 5.41) is 8.83. The quantitative estimate of drug-likeness (QED) is 0.723. The molecular weight excluding hydrogens is 242 g/mol. The van der Waals surface area contributed by atoms with Crippen LogP contribution < -0.4 is 5.43 Å². The summed E-state index contributed by atoms with van der Waals surface area (Å²) in [6.07, 6.45) is 2.44. The van der Waals surface area contributed by atoms with Crippen LogP contribution in [-0.2, 0) is 16.0 Å². The standard InChI is InChI=1S/C11H13NO6/c1-17-10(15)7-5-12(3-4-13)6-8(9(7)14)11(16)18-2/h5-6,13H,3-4H2,1-2H3. The maximum Gasteiger partial charge on any atom is 0.343 e. The Balaban J connectivity index is 3.42. The van der Waals surface area contributed by atoms with Crippen LogP contribution in [0.3, 0.4) is 0 Å². The van der Waals surface area contributed by atoms with Crippen LogP contribution in [0.5, 0.6) is 0 Å². The lowest BCUT2D eigenvalue weighted by atomic mass is 10.2. The van der Waals surface area contributed by atoms with Gasteiger partial charge < -0.3 is 19.1 Å². The summed E-state index contributed by atoms with van der Waals surface area (Å²) < 4.78 is 10.3. The third-order valence-corrected chi connectivity index (χ3v) is 2.25. The fourth-order valence-corrected chi connectivity index (χ4v) is 1.39. The first-order valence-electron chi connectivity index (χ1n) is 5.06. The minimum Gasteiger partial charge on any atom is -0.465 e. The van der Waals surface area contributed by atoms with Gasteiger partial charge >= 0.3 is 11.9 Å². The maximum absolute atomic E-state index is 11.8. The molecule has 1 N–H and O–H groups in total. The Morgan fingerprint density at radius 3 is 1.94 bits per heavy atom. The van der Waals surface area contributed by atoms with Gasteiger partial charge in [0.2, 0.25) is 5.43 Å². The number of esters is 2. The zero-order chi connectivity index (χ0) is 13.7. The Kier molecular flexibility index (Phi) is 4.61. The first-order chi connectivity index (χ1) is 8.54. The molecule has 1 aromatic heterocycles. The molecule has 7 nitrogen and oxygen atoms in total. The normalized spacial score (nSPS) is 9.94. The number of carbonyl (C=O) groups is 2. The molecule has 0 aromatic carbocycles. The molecule has 7 heteroatoms. The first-order valence-corrected chi connectivity index (χ1v) is 5.06. The summed E-state index contributed by atoms with van der Waals surface area (Å²) >= 11 is 0. The summed E-state index contributed by atoms with van der Waals surface area (Å²) in [5.74, 6) is -1.70. The average Bonchev–Trinajstić information content (AvgIpc) is 2.39. The molecule has 0 saturated heterocycles. The van der Waals surface area contributed by atoms with E-state index in [-0.39, 0.29) is 24.3 Å². The molecule has 98 valence electrons. The van der Waals surface area contributed by atoms with E-state index in [1.54, 1.807) is 0 Å². The summed E-state index contributed by atoms with van der Waals surface area (Å²) in [6.45, 7) is -0.0711. The van der Waals surface area contributed by atoms with E-state index in [4.69, 9.17) is 5.11 Å². The molecule has 18 heavy (non-hydrogen) atoms. The topological polar surface area (TPSA) is 94.8 Å². The molecule has 0 unspecified atom stereocenters. The Bertz CT molecular complexity index is 479. The molecule has 0 spiro atoms. The van der Waals surface area contributed by atoms with Crippen LogP contribution in [0.4, 0.5) is 0 Å². The van der Waals surface area contributed by atoms with Gasteiger partial charge in [0.25, 0.3) is 0 Å². The molecule has 0 radical (unpaired) electrons. The molecule has 0 bridgehead atoms. The van der Waals surface area contributed by atoms with Gasteiger partial charge in [0, 0.05) is 18.9 Å². The zero-order valence-corrected chi connectivity index (χ0v) is 10.0. The highest BCUT2D eigenvalue weighted by atomic mass is 16.5. The molecule has 0 fully saturated rings. The SMILES string of the molecule is COC(=O)c1cn(CCO)cc(C(=O)OC)c1=O. The fraction of sp³-hybridized carbons (Fsp3) is 0.364. The van der Waals surface area contributed by atoms with Crippen LogP contribution in [0.1, 0.15) is 20.7 Å². The Labute approximate surface area is 103 Å². The van der Waals surface area contributed by atoms with E-state index < -0.39 is 17.4 Å². The molecule has 1 rings (SSSR count). The highest BCUT2D eigenvalue weighted by molar-refractivity contribution is 5.94. The summed E-state index contributed by atoms with van der Waals surface area (Å²) in [4.78, 5) is 34.7. The lowest BCUT2D eigenvalue weighted by Gasteiger charge is -2.09. The van der Waals surface area contributed by atoms with E-state index in [1.165, 1.54) is 17.0 Å². The second-order valence-electron chi connectivity index (χ2n) is 3.36. The molecular formula is C11H13NO6. The van der Waals surface area contributed by atoms with Crippen molar-refractivity contribution in [2.75, 3.05) is 20.8 Å². The smallest absolute Gasteiger partial charge is 0.343 e. The van der Waals surface area contributed by atoms with Gasteiger partial charge in [-0.15, -0.1) is 0 Å².